The molecule has 0 fully saturated rings. The molecule has 0 radical (unpaired) electrons. The Hall–Kier alpha value is -2.13. The smallest absolute Gasteiger partial charge is 0.240 e. The molecule has 0 aliphatic carbocycles. The number of carbonyl (C=O) groups is 1. The second-order valence-corrected chi connectivity index (χ2v) is 5.24. The molecule has 1 amide bonds. The number of fused-ring (bicyclic) bond motifs is 1. The predicted molar refractivity (Wildman–Crippen MR) is 80.8 cm³/mol. The number of para-hydroxylation sites is 1. The highest BCUT2D eigenvalue weighted by Gasteiger charge is 2.30. The minimum absolute atomic E-state index is 0.112. The van der Waals surface area contributed by atoms with Crippen molar-refractivity contribution < 1.29 is 4.79 Å². The summed E-state index contributed by atoms with van der Waals surface area (Å²) in [4.78, 5) is 16.1. The minimum atomic E-state index is 0.112. The van der Waals surface area contributed by atoms with Gasteiger partial charge in [-0.25, -0.2) is 0 Å². The Morgan fingerprint density at radius 2 is 1.60 bits per heavy atom. The van der Waals surface area contributed by atoms with Crippen molar-refractivity contribution in [3.05, 3.63) is 65.7 Å². The van der Waals surface area contributed by atoms with Crippen LogP contribution >= 0.6 is 0 Å². The van der Waals surface area contributed by atoms with Crippen LogP contribution in [-0.4, -0.2) is 31.4 Å². The van der Waals surface area contributed by atoms with Gasteiger partial charge in [0.25, 0.3) is 0 Å². The van der Waals surface area contributed by atoms with E-state index in [2.05, 4.69) is 23.1 Å². The zero-order chi connectivity index (χ0) is 14.1. The van der Waals surface area contributed by atoms with Gasteiger partial charge in [-0.1, -0.05) is 48.5 Å². The SMILES string of the molecule is CN1C(=O)CN(C)[C@@H](c2ccccc2)c2ccccc21. The van der Waals surface area contributed by atoms with Crippen LogP contribution in [0.15, 0.2) is 54.6 Å². The van der Waals surface area contributed by atoms with Crippen LogP contribution in [0.5, 0.6) is 0 Å². The van der Waals surface area contributed by atoms with Gasteiger partial charge in [0.15, 0.2) is 0 Å². The Morgan fingerprint density at radius 3 is 2.35 bits per heavy atom. The summed E-state index contributed by atoms with van der Waals surface area (Å²) in [5.74, 6) is 0.124. The predicted octanol–water partition coefficient (Wildman–Crippen LogP) is 2.68. The standard InChI is InChI=1S/C17H18N2O/c1-18-12-16(20)19(2)15-11-7-6-10-14(15)17(18)13-8-4-3-5-9-13/h3-11,17H,12H2,1-2H3/t17-/m0/s1. The van der Waals surface area contributed by atoms with Crippen LogP contribution in [0.25, 0.3) is 0 Å². The van der Waals surface area contributed by atoms with Gasteiger partial charge in [-0.3, -0.25) is 9.69 Å². The first-order valence-corrected chi connectivity index (χ1v) is 6.79. The summed E-state index contributed by atoms with van der Waals surface area (Å²) >= 11 is 0. The van der Waals surface area contributed by atoms with Crippen molar-refractivity contribution in [1.29, 1.82) is 0 Å². The molecule has 3 heteroatoms. The summed E-state index contributed by atoms with van der Waals surface area (Å²) in [6, 6.07) is 18.6. The maximum Gasteiger partial charge on any atom is 0.240 e. The lowest BCUT2D eigenvalue weighted by Gasteiger charge is -2.26. The normalized spacial score (nSPS) is 19.6. The number of rotatable bonds is 1. The molecular weight excluding hydrogens is 248 g/mol. The zero-order valence-corrected chi connectivity index (χ0v) is 11.8. The molecule has 0 bridgehead atoms. The van der Waals surface area contributed by atoms with Crippen LogP contribution < -0.4 is 4.90 Å². The fourth-order valence-corrected chi connectivity index (χ4v) is 2.88. The minimum Gasteiger partial charge on any atom is -0.314 e. The van der Waals surface area contributed by atoms with Crippen LogP contribution in [-0.2, 0) is 4.79 Å². The molecule has 102 valence electrons. The summed E-state index contributed by atoms with van der Waals surface area (Å²) in [6.07, 6.45) is 0. The van der Waals surface area contributed by atoms with Crippen molar-refractivity contribution in [3.8, 4) is 0 Å². The summed E-state index contributed by atoms with van der Waals surface area (Å²) in [7, 11) is 3.86. The number of amides is 1. The van der Waals surface area contributed by atoms with Crippen molar-refractivity contribution in [1.82, 2.24) is 4.90 Å². The molecule has 0 spiro atoms. The topological polar surface area (TPSA) is 23.6 Å². The van der Waals surface area contributed by atoms with Crippen molar-refractivity contribution in [2.24, 2.45) is 0 Å². The van der Waals surface area contributed by atoms with Gasteiger partial charge in [-0.05, 0) is 24.2 Å². The average Bonchev–Trinajstić information content (AvgIpc) is 2.56. The Bertz CT molecular complexity index is 624. The monoisotopic (exact) mass is 266 g/mol. The first-order chi connectivity index (χ1) is 9.68. The zero-order valence-electron chi connectivity index (χ0n) is 11.8. The molecule has 0 unspecified atom stereocenters. The molecule has 1 aliphatic heterocycles. The maximum atomic E-state index is 12.2. The Balaban J connectivity index is 2.18. The molecular formula is C17H18N2O. The van der Waals surface area contributed by atoms with Gasteiger partial charge in [0.1, 0.15) is 0 Å². The molecule has 1 heterocycles. The molecule has 3 nitrogen and oxygen atoms in total. The highest BCUT2D eigenvalue weighted by molar-refractivity contribution is 5.96. The van der Waals surface area contributed by atoms with E-state index in [-0.39, 0.29) is 11.9 Å². The van der Waals surface area contributed by atoms with E-state index in [0.717, 1.165) is 5.69 Å². The van der Waals surface area contributed by atoms with E-state index in [1.807, 2.05) is 50.5 Å². The molecule has 0 saturated heterocycles. The number of anilines is 1. The molecule has 2 aromatic rings. The molecule has 3 rings (SSSR count). The van der Waals surface area contributed by atoms with Crippen LogP contribution in [0.4, 0.5) is 5.69 Å². The van der Waals surface area contributed by atoms with Crippen LogP contribution in [0.2, 0.25) is 0 Å². The number of hydrogen-bond acceptors (Lipinski definition) is 2. The molecule has 1 aliphatic rings. The Labute approximate surface area is 119 Å². The fraction of sp³-hybridized carbons (Fsp3) is 0.235. The molecule has 0 saturated carbocycles. The second kappa shape index (κ2) is 5.10. The van der Waals surface area contributed by atoms with Gasteiger partial charge in [0.2, 0.25) is 5.91 Å². The lowest BCUT2D eigenvalue weighted by Crippen LogP contribution is -2.34. The number of carbonyl (C=O) groups excluding carboxylic acids is 1. The molecule has 20 heavy (non-hydrogen) atoms. The van der Waals surface area contributed by atoms with Gasteiger partial charge in [-0.2, -0.15) is 0 Å². The summed E-state index contributed by atoms with van der Waals surface area (Å²) in [6.45, 7) is 0.421. The number of hydrogen-bond donors (Lipinski definition) is 0. The van der Waals surface area contributed by atoms with Crippen molar-refractivity contribution in [3.63, 3.8) is 0 Å². The lowest BCUT2D eigenvalue weighted by molar-refractivity contribution is -0.119. The third-order valence-corrected chi connectivity index (χ3v) is 3.91. The first kappa shape index (κ1) is 12.9. The largest absolute Gasteiger partial charge is 0.314 e. The second-order valence-electron chi connectivity index (χ2n) is 5.24. The molecule has 1 atom stereocenters. The molecule has 0 aromatic heterocycles. The van der Waals surface area contributed by atoms with Crippen molar-refractivity contribution >= 4 is 11.6 Å². The summed E-state index contributed by atoms with van der Waals surface area (Å²) < 4.78 is 0. The summed E-state index contributed by atoms with van der Waals surface area (Å²) in [5, 5.41) is 0. The number of benzene rings is 2. The fourth-order valence-electron chi connectivity index (χ4n) is 2.88. The van der Waals surface area contributed by atoms with Gasteiger partial charge >= 0.3 is 0 Å². The van der Waals surface area contributed by atoms with Crippen LogP contribution in [0, 0.1) is 0 Å². The molecule has 0 N–H and O–H groups in total. The third kappa shape index (κ3) is 2.10. The van der Waals surface area contributed by atoms with Crippen LogP contribution in [0.3, 0.4) is 0 Å². The molecule has 2 aromatic carbocycles. The Kier molecular flexibility index (Phi) is 3.28. The van der Waals surface area contributed by atoms with Crippen molar-refractivity contribution in [2.75, 3.05) is 25.5 Å². The first-order valence-electron chi connectivity index (χ1n) is 6.79. The van der Waals surface area contributed by atoms with Gasteiger partial charge < -0.3 is 4.90 Å². The Morgan fingerprint density at radius 1 is 0.950 bits per heavy atom. The third-order valence-electron chi connectivity index (χ3n) is 3.91. The van der Waals surface area contributed by atoms with E-state index in [1.165, 1.54) is 11.1 Å². The maximum absolute atomic E-state index is 12.2. The highest BCUT2D eigenvalue weighted by Crippen LogP contribution is 2.36. The van der Waals surface area contributed by atoms with E-state index >= 15 is 0 Å². The van der Waals surface area contributed by atoms with E-state index in [4.69, 9.17) is 0 Å². The van der Waals surface area contributed by atoms with E-state index < -0.39 is 0 Å². The van der Waals surface area contributed by atoms with Crippen molar-refractivity contribution in [2.45, 2.75) is 6.04 Å². The summed E-state index contributed by atoms with van der Waals surface area (Å²) in [5.41, 5.74) is 3.39. The number of nitrogens with zero attached hydrogens (tertiary/aromatic N) is 2. The van der Waals surface area contributed by atoms with E-state index in [0.29, 0.717) is 6.54 Å². The van der Waals surface area contributed by atoms with Gasteiger partial charge in [0.05, 0.1) is 12.6 Å². The lowest BCUT2D eigenvalue weighted by atomic mass is 9.96. The average molecular weight is 266 g/mol. The highest BCUT2D eigenvalue weighted by atomic mass is 16.2. The van der Waals surface area contributed by atoms with Crippen LogP contribution in [0.1, 0.15) is 17.2 Å². The van der Waals surface area contributed by atoms with E-state index in [1.54, 1.807) is 4.90 Å². The van der Waals surface area contributed by atoms with Gasteiger partial charge in [0, 0.05) is 12.7 Å². The van der Waals surface area contributed by atoms with E-state index in [9.17, 15) is 4.79 Å². The van der Waals surface area contributed by atoms with Gasteiger partial charge in [-0.15, -0.1) is 0 Å². The quantitative estimate of drug-likeness (QED) is 0.792. The number of likely N-dealkylation sites (N-methyl/N-ethyl adjacent to an activating group) is 2.